The number of fused-ring (bicyclic) bond motifs is 3. The van der Waals surface area contributed by atoms with Crippen molar-refractivity contribution in [2.45, 2.75) is 26.5 Å². The van der Waals surface area contributed by atoms with E-state index in [-0.39, 0.29) is 5.97 Å². The van der Waals surface area contributed by atoms with E-state index in [1.807, 2.05) is 43.3 Å². The number of hydrogen-bond acceptors (Lipinski definition) is 3. The van der Waals surface area contributed by atoms with Crippen LogP contribution < -0.4 is 4.74 Å². The average Bonchev–Trinajstić information content (AvgIpc) is 3.05. The van der Waals surface area contributed by atoms with E-state index < -0.39 is 0 Å². The van der Waals surface area contributed by atoms with E-state index >= 15 is 0 Å². The Labute approximate surface area is 164 Å². The lowest BCUT2D eigenvalue weighted by molar-refractivity contribution is -0.143. The minimum absolute atomic E-state index is 0.176. The zero-order valence-electron chi connectivity index (χ0n) is 15.9. The Kier molecular flexibility index (Phi) is 5.29. The quantitative estimate of drug-likeness (QED) is 0.411. The molecule has 0 saturated carbocycles. The number of carbonyl (C=O) groups excluding carboxylic acids is 1. The number of benzene rings is 3. The van der Waals surface area contributed by atoms with Crippen LogP contribution in [-0.4, -0.2) is 17.1 Å². The molecule has 1 heterocycles. The second-order valence-corrected chi connectivity index (χ2v) is 6.68. The summed E-state index contributed by atoms with van der Waals surface area (Å²) >= 11 is 0. The van der Waals surface area contributed by atoms with Crippen LogP contribution in [0.3, 0.4) is 0 Å². The summed E-state index contributed by atoms with van der Waals surface area (Å²) in [6, 6.07) is 24.5. The molecule has 0 atom stereocenters. The lowest BCUT2D eigenvalue weighted by atomic mass is 10.1. The number of aromatic nitrogens is 1. The van der Waals surface area contributed by atoms with Crippen molar-refractivity contribution in [2.75, 3.05) is 6.61 Å². The second kappa shape index (κ2) is 8.17. The summed E-state index contributed by atoms with van der Waals surface area (Å²) in [5.41, 5.74) is 3.31. The van der Waals surface area contributed by atoms with E-state index in [2.05, 4.69) is 41.0 Å². The third-order valence-corrected chi connectivity index (χ3v) is 4.84. The van der Waals surface area contributed by atoms with Crippen LogP contribution in [-0.2, 0) is 22.7 Å². The van der Waals surface area contributed by atoms with Crippen molar-refractivity contribution in [1.82, 2.24) is 4.57 Å². The highest BCUT2D eigenvalue weighted by Gasteiger charge is 2.13. The van der Waals surface area contributed by atoms with E-state index in [4.69, 9.17) is 9.47 Å². The van der Waals surface area contributed by atoms with E-state index in [9.17, 15) is 4.79 Å². The summed E-state index contributed by atoms with van der Waals surface area (Å²) < 4.78 is 13.3. The van der Waals surface area contributed by atoms with E-state index in [0.717, 1.165) is 27.7 Å². The van der Waals surface area contributed by atoms with Crippen molar-refractivity contribution >= 4 is 27.8 Å². The lowest BCUT2D eigenvalue weighted by Gasteiger charge is -2.09. The van der Waals surface area contributed by atoms with Crippen molar-refractivity contribution in [3.05, 3.63) is 78.4 Å². The van der Waals surface area contributed by atoms with Crippen molar-refractivity contribution < 1.29 is 14.3 Å². The Balaban J connectivity index is 1.67. The summed E-state index contributed by atoms with van der Waals surface area (Å²) in [6.07, 6.45) is 0.344. The number of nitrogens with zero attached hydrogens (tertiary/aromatic N) is 1. The second-order valence-electron chi connectivity index (χ2n) is 6.68. The third-order valence-electron chi connectivity index (χ3n) is 4.84. The first-order chi connectivity index (χ1) is 13.8. The van der Waals surface area contributed by atoms with Crippen LogP contribution in [0.4, 0.5) is 0 Å². The molecule has 28 heavy (non-hydrogen) atoms. The molecule has 4 nitrogen and oxygen atoms in total. The maximum atomic E-state index is 11.9. The first-order valence-corrected chi connectivity index (χ1v) is 9.59. The molecule has 0 radical (unpaired) electrons. The first-order valence-electron chi connectivity index (χ1n) is 9.59. The van der Waals surface area contributed by atoms with Gasteiger partial charge in [-0.15, -0.1) is 0 Å². The predicted molar refractivity (Wildman–Crippen MR) is 111 cm³/mol. The maximum absolute atomic E-state index is 11.9. The molecule has 3 aromatic carbocycles. The maximum Gasteiger partial charge on any atom is 0.307 e. The fraction of sp³-hybridized carbons (Fsp3) is 0.208. The molecule has 1 aromatic heterocycles. The normalized spacial score (nSPS) is 11.0. The van der Waals surface area contributed by atoms with Gasteiger partial charge in [0.15, 0.2) is 0 Å². The Morgan fingerprint density at radius 1 is 0.893 bits per heavy atom. The number of ether oxygens (including phenoxy) is 2. The highest BCUT2D eigenvalue weighted by atomic mass is 16.5. The van der Waals surface area contributed by atoms with Gasteiger partial charge in [0.05, 0.1) is 18.5 Å². The van der Waals surface area contributed by atoms with Crippen LogP contribution in [0.2, 0.25) is 0 Å². The molecule has 0 aliphatic carbocycles. The standard InChI is InChI=1S/C24H23NO3/c1-2-27-24(26)14-15-25-22-11-7-6-10-20(22)21-13-12-19(16-23(21)25)28-17-18-8-4-3-5-9-18/h3-13,16H,2,14-15,17H2,1H3. The summed E-state index contributed by atoms with van der Waals surface area (Å²) in [6.45, 7) is 3.33. The SMILES string of the molecule is CCOC(=O)CCn1c2ccccc2c2ccc(OCc3ccccc3)cc21. The Morgan fingerprint density at radius 3 is 2.46 bits per heavy atom. The number of aryl methyl sites for hydroxylation is 1. The molecule has 4 rings (SSSR count). The van der Waals surface area contributed by atoms with Crippen LogP contribution in [0.5, 0.6) is 5.75 Å². The summed E-state index contributed by atoms with van der Waals surface area (Å²) in [5, 5.41) is 2.34. The highest BCUT2D eigenvalue weighted by molar-refractivity contribution is 6.08. The highest BCUT2D eigenvalue weighted by Crippen LogP contribution is 2.32. The van der Waals surface area contributed by atoms with Gasteiger partial charge in [0.25, 0.3) is 0 Å². The Morgan fingerprint density at radius 2 is 1.64 bits per heavy atom. The summed E-state index contributed by atoms with van der Waals surface area (Å²) in [7, 11) is 0. The lowest BCUT2D eigenvalue weighted by Crippen LogP contribution is -2.08. The minimum atomic E-state index is -0.176. The zero-order chi connectivity index (χ0) is 19.3. The molecule has 0 spiro atoms. The van der Waals surface area contributed by atoms with E-state index in [0.29, 0.717) is 26.2 Å². The minimum Gasteiger partial charge on any atom is -0.489 e. The molecule has 4 heteroatoms. The Bertz CT molecular complexity index is 1100. The van der Waals surface area contributed by atoms with Gasteiger partial charge in [0.2, 0.25) is 0 Å². The molecule has 4 aromatic rings. The number of para-hydroxylation sites is 1. The summed E-state index contributed by atoms with van der Waals surface area (Å²) in [4.78, 5) is 11.9. The van der Waals surface area contributed by atoms with Crippen LogP contribution in [0.25, 0.3) is 21.8 Å². The fourth-order valence-corrected chi connectivity index (χ4v) is 3.54. The van der Waals surface area contributed by atoms with Gasteiger partial charge in [-0.25, -0.2) is 0 Å². The molecule has 0 unspecified atom stereocenters. The number of rotatable bonds is 7. The van der Waals surface area contributed by atoms with Gasteiger partial charge in [0, 0.05) is 28.9 Å². The molecule has 0 aliphatic heterocycles. The van der Waals surface area contributed by atoms with Crippen molar-refractivity contribution in [3.63, 3.8) is 0 Å². The molecular weight excluding hydrogens is 350 g/mol. The molecular formula is C24H23NO3. The molecule has 0 saturated heterocycles. The topological polar surface area (TPSA) is 40.5 Å². The Hall–Kier alpha value is -3.27. The van der Waals surface area contributed by atoms with Crippen LogP contribution >= 0.6 is 0 Å². The molecule has 0 amide bonds. The van der Waals surface area contributed by atoms with Gasteiger partial charge in [-0.05, 0) is 30.7 Å². The number of hydrogen-bond donors (Lipinski definition) is 0. The predicted octanol–water partition coefficient (Wildman–Crippen LogP) is 5.33. The number of esters is 1. The smallest absolute Gasteiger partial charge is 0.307 e. The van der Waals surface area contributed by atoms with Crippen molar-refractivity contribution in [3.8, 4) is 5.75 Å². The largest absolute Gasteiger partial charge is 0.489 e. The van der Waals surface area contributed by atoms with Crippen LogP contribution in [0.15, 0.2) is 72.8 Å². The van der Waals surface area contributed by atoms with Gasteiger partial charge in [-0.3, -0.25) is 4.79 Å². The van der Waals surface area contributed by atoms with Crippen molar-refractivity contribution in [1.29, 1.82) is 0 Å². The molecule has 0 aliphatic rings. The van der Waals surface area contributed by atoms with Gasteiger partial charge < -0.3 is 14.0 Å². The third kappa shape index (κ3) is 3.72. The molecule has 0 N–H and O–H groups in total. The van der Waals surface area contributed by atoms with Crippen LogP contribution in [0.1, 0.15) is 18.9 Å². The van der Waals surface area contributed by atoms with Gasteiger partial charge >= 0.3 is 5.97 Å². The average molecular weight is 373 g/mol. The van der Waals surface area contributed by atoms with Crippen molar-refractivity contribution in [2.24, 2.45) is 0 Å². The number of carbonyl (C=O) groups is 1. The van der Waals surface area contributed by atoms with Crippen LogP contribution in [0, 0.1) is 0 Å². The zero-order valence-corrected chi connectivity index (χ0v) is 15.9. The van der Waals surface area contributed by atoms with E-state index in [1.165, 1.54) is 5.39 Å². The van der Waals surface area contributed by atoms with Gasteiger partial charge in [0.1, 0.15) is 12.4 Å². The van der Waals surface area contributed by atoms with Gasteiger partial charge in [-0.2, -0.15) is 0 Å². The van der Waals surface area contributed by atoms with E-state index in [1.54, 1.807) is 0 Å². The molecule has 0 fully saturated rings. The molecule has 0 bridgehead atoms. The molecule has 142 valence electrons. The van der Waals surface area contributed by atoms with Gasteiger partial charge in [-0.1, -0.05) is 48.5 Å². The summed E-state index contributed by atoms with van der Waals surface area (Å²) in [5.74, 6) is 0.640. The monoisotopic (exact) mass is 373 g/mol. The fourth-order valence-electron chi connectivity index (χ4n) is 3.54. The first kappa shape index (κ1) is 18.1.